The highest BCUT2D eigenvalue weighted by Crippen LogP contribution is 2.48. The minimum Gasteiger partial charge on any atom is -0.0616 e. The molecule has 0 radical (unpaired) electrons. The van der Waals surface area contributed by atoms with Gasteiger partial charge in [-0.25, -0.2) is 0 Å². The molecule has 13 rings (SSSR count). The first-order valence-corrected chi connectivity index (χ1v) is 24.9. The maximum Gasteiger partial charge on any atom is -0.00141 e. The molecule has 0 spiro atoms. The third-order valence-corrected chi connectivity index (χ3v) is 14.5. The van der Waals surface area contributed by atoms with E-state index in [-0.39, 0.29) is 0 Å². The van der Waals surface area contributed by atoms with Gasteiger partial charge in [-0.05, 0) is 150 Å². The predicted molar refractivity (Wildman–Crippen MR) is 312 cm³/mol. The van der Waals surface area contributed by atoms with Gasteiger partial charge in [-0.1, -0.05) is 273 Å². The van der Waals surface area contributed by atoms with Gasteiger partial charge in [-0.2, -0.15) is 0 Å². The Morgan fingerprint density at radius 2 is 0.625 bits per heavy atom. The summed E-state index contributed by atoms with van der Waals surface area (Å²) in [6, 6.07) is 97.8. The SMILES string of the molecule is C(=C\c1cccc2ccccc12)/c1cccc(-c2ccc(-c3c4ccccc4c(-c4ccc(-c5cccc(/C=C/c6cccc7ccccc67)c5)cc4)c4c(-c5ccc6ccccc6c5)cccc34)cc2)c1. The molecule has 0 saturated heterocycles. The first kappa shape index (κ1) is 42.7. The average Bonchev–Trinajstić information content (AvgIpc) is 3.45. The van der Waals surface area contributed by atoms with Crippen molar-refractivity contribution in [1.29, 1.82) is 0 Å². The molecule has 0 fully saturated rings. The lowest BCUT2D eigenvalue weighted by atomic mass is 9.82. The summed E-state index contributed by atoms with van der Waals surface area (Å²) in [4.78, 5) is 0. The van der Waals surface area contributed by atoms with E-state index in [1.807, 2.05) is 0 Å². The number of hydrogen-bond acceptors (Lipinski definition) is 0. The van der Waals surface area contributed by atoms with E-state index in [4.69, 9.17) is 0 Å². The fourth-order valence-corrected chi connectivity index (χ4v) is 10.9. The molecule has 0 N–H and O–H groups in total. The van der Waals surface area contributed by atoms with Crippen molar-refractivity contribution in [2.24, 2.45) is 0 Å². The largest absolute Gasteiger partial charge is 0.0616 e. The summed E-state index contributed by atoms with van der Waals surface area (Å²) in [6.45, 7) is 0. The van der Waals surface area contributed by atoms with Crippen LogP contribution in [0.5, 0.6) is 0 Å². The Labute approximate surface area is 420 Å². The van der Waals surface area contributed by atoms with E-state index in [0.29, 0.717) is 0 Å². The van der Waals surface area contributed by atoms with Gasteiger partial charge in [-0.15, -0.1) is 0 Å². The Morgan fingerprint density at radius 1 is 0.208 bits per heavy atom. The van der Waals surface area contributed by atoms with E-state index in [1.165, 1.54) is 132 Å². The van der Waals surface area contributed by atoms with Gasteiger partial charge in [-0.3, -0.25) is 0 Å². The topological polar surface area (TPSA) is 0 Å². The molecule has 0 aromatic heterocycles. The van der Waals surface area contributed by atoms with Crippen LogP contribution in [0.4, 0.5) is 0 Å². The molecular weight excluding hydrogens is 865 g/mol. The monoisotopic (exact) mass is 912 g/mol. The molecule has 13 aromatic carbocycles. The minimum atomic E-state index is 1.17. The third kappa shape index (κ3) is 8.05. The van der Waals surface area contributed by atoms with Crippen LogP contribution in [0.3, 0.4) is 0 Å². The van der Waals surface area contributed by atoms with Gasteiger partial charge in [0, 0.05) is 0 Å². The number of fused-ring (bicyclic) bond motifs is 5. The van der Waals surface area contributed by atoms with Crippen LogP contribution < -0.4 is 0 Å². The Bertz CT molecular complexity index is 4230. The summed E-state index contributed by atoms with van der Waals surface area (Å²) in [7, 11) is 0. The van der Waals surface area contributed by atoms with Crippen molar-refractivity contribution in [1.82, 2.24) is 0 Å². The highest BCUT2D eigenvalue weighted by Gasteiger charge is 2.20. The van der Waals surface area contributed by atoms with E-state index in [1.54, 1.807) is 0 Å². The van der Waals surface area contributed by atoms with Crippen LogP contribution in [-0.4, -0.2) is 0 Å². The zero-order valence-electron chi connectivity index (χ0n) is 39.7. The van der Waals surface area contributed by atoms with Crippen molar-refractivity contribution in [3.05, 3.63) is 289 Å². The summed E-state index contributed by atoms with van der Waals surface area (Å²) in [5.41, 5.74) is 16.8. The fourth-order valence-electron chi connectivity index (χ4n) is 10.9. The molecule has 13 aromatic rings. The third-order valence-electron chi connectivity index (χ3n) is 14.5. The lowest BCUT2D eigenvalue weighted by Gasteiger charge is -2.21. The molecule has 0 heterocycles. The molecule has 0 unspecified atom stereocenters. The lowest BCUT2D eigenvalue weighted by molar-refractivity contribution is 1.59. The maximum atomic E-state index is 2.35. The van der Waals surface area contributed by atoms with Crippen LogP contribution in [0, 0.1) is 0 Å². The first-order chi connectivity index (χ1) is 35.7. The van der Waals surface area contributed by atoms with E-state index in [2.05, 4.69) is 291 Å². The Balaban J connectivity index is 0.903. The Morgan fingerprint density at radius 3 is 1.21 bits per heavy atom. The lowest BCUT2D eigenvalue weighted by Crippen LogP contribution is -1.93. The summed E-state index contributed by atoms with van der Waals surface area (Å²) in [5, 5.41) is 12.5. The van der Waals surface area contributed by atoms with Crippen molar-refractivity contribution < 1.29 is 0 Å². The molecule has 0 aliphatic heterocycles. The maximum absolute atomic E-state index is 2.35. The van der Waals surface area contributed by atoms with Gasteiger partial charge in [0.25, 0.3) is 0 Å². The molecule has 0 aliphatic carbocycles. The molecule has 0 heteroatoms. The zero-order chi connectivity index (χ0) is 47.8. The molecule has 336 valence electrons. The number of rotatable bonds is 9. The average molecular weight is 913 g/mol. The van der Waals surface area contributed by atoms with E-state index >= 15 is 0 Å². The molecule has 0 atom stereocenters. The van der Waals surface area contributed by atoms with Gasteiger partial charge in [0.1, 0.15) is 0 Å². The Hall–Kier alpha value is -9.36. The van der Waals surface area contributed by atoms with Crippen molar-refractivity contribution in [3.63, 3.8) is 0 Å². The number of hydrogen-bond donors (Lipinski definition) is 0. The van der Waals surface area contributed by atoms with E-state index in [9.17, 15) is 0 Å². The number of benzene rings is 13. The quantitative estimate of drug-likeness (QED) is 0.1000. The second-order valence-electron chi connectivity index (χ2n) is 18.8. The van der Waals surface area contributed by atoms with Crippen LogP contribution in [0.15, 0.2) is 267 Å². The van der Waals surface area contributed by atoms with Crippen molar-refractivity contribution in [2.75, 3.05) is 0 Å². The van der Waals surface area contributed by atoms with Crippen LogP contribution in [0.25, 0.3) is 134 Å². The highest BCUT2D eigenvalue weighted by molar-refractivity contribution is 6.25. The van der Waals surface area contributed by atoms with E-state index < -0.39 is 0 Å². The van der Waals surface area contributed by atoms with Gasteiger partial charge in [0.2, 0.25) is 0 Å². The Kier molecular flexibility index (Phi) is 11.0. The van der Waals surface area contributed by atoms with Gasteiger partial charge < -0.3 is 0 Å². The van der Waals surface area contributed by atoms with Gasteiger partial charge >= 0.3 is 0 Å². The summed E-state index contributed by atoms with van der Waals surface area (Å²) in [5.74, 6) is 0. The smallest absolute Gasteiger partial charge is 0.00141 e. The molecule has 0 nitrogen and oxygen atoms in total. The van der Waals surface area contributed by atoms with Crippen LogP contribution in [0.2, 0.25) is 0 Å². The zero-order valence-corrected chi connectivity index (χ0v) is 39.7. The molecule has 72 heavy (non-hydrogen) atoms. The van der Waals surface area contributed by atoms with Gasteiger partial charge in [0.15, 0.2) is 0 Å². The molecule has 0 bridgehead atoms. The van der Waals surface area contributed by atoms with Crippen molar-refractivity contribution in [3.8, 4) is 55.6 Å². The summed E-state index contributed by atoms with van der Waals surface area (Å²) >= 11 is 0. The molecule has 0 saturated carbocycles. The second-order valence-corrected chi connectivity index (χ2v) is 18.8. The summed E-state index contributed by atoms with van der Waals surface area (Å²) < 4.78 is 0. The van der Waals surface area contributed by atoms with Gasteiger partial charge in [0.05, 0.1) is 0 Å². The standard InChI is InChI=1S/C72H48/c1-2-19-62-48-63(45-40-51(62)16-1)66-30-13-31-69-70(58-41-36-52(37-42-58)60-24-9-14-49(46-60)32-34-56-22-11-20-54-17-3-5-26-64(54)56)67-28-7-8-29-68(67)71(72(66)69)59-43-38-53(39-44-59)61-25-10-15-50(47-61)33-35-57-23-12-21-55-18-4-6-27-65(55)57/h1-48H/b34-32+,35-33+. The normalized spacial score (nSPS) is 11.8. The predicted octanol–water partition coefficient (Wildman–Crippen LogP) is 20.1. The molecule has 0 amide bonds. The first-order valence-electron chi connectivity index (χ1n) is 24.9. The second kappa shape index (κ2) is 18.5. The molecular formula is C72H48. The van der Waals surface area contributed by atoms with E-state index in [0.717, 1.165) is 0 Å². The van der Waals surface area contributed by atoms with Crippen molar-refractivity contribution >= 4 is 78.2 Å². The van der Waals surface area contributed by atoms with Crippen LogP contribution in [-0.2, 0) is 0 Å². The van der Waals surface area contributed by atoms with Crippen LogP contribution >= 0.6 is 0 Å². The molecule has 0 aliphatic rings. The van der Waals surface area contributed by atoms with Crippen LogP contribution in [0.1, 0.15) is 22.3 Å². The summed E-state index contributed by atoms with van der Waals surface area (Å²) in [6.07, 6.45) is 8.92. The fraction of sp³-hybridized carbons (Fsp3) is 0. The highest BCUT2D eigenvalue weighted by atomic mass is 14.2. The minimum absolute atomic E-state index is 1.17. The van der Waals surface area contributed by atoms with Crippen molar-refractivity contribution in [2.45, 2.75) is 0 Å².